The second kappa shape index (κ2) is 5.87. The molecule has 0 atom stereocenters. The van der Waals surface area contributed by atoms with Crippen molar-refractivity contribution < 1.29 is 4.79 Å². The summed E-state index contributed by atoms with van der Waals surface area (Å²) >= 11 is 5.75. The number of carbonyl (C=O) groups is 1. The molecule has 0 aromatic carbocycles. The van der Waals surface area contributed by atoms with E-state index in [9.17, 15) is 4.79 Å². The van der Waals surface area contributed by atoms with Crippen molar-refractivity contribution in [3.8, 4) is 0 Å². The first-order valence-corrected chi connectivity index (χ1v) is 6.63. The molecule has 1 rings (SSSR count). The van der Waals surface area contributed by atoms with E-state index in [2.05, 4.69) is 17.1 Å². The molecular formula is C12H23ClN2O. The third-order valence-corrected chi connectivity index (χ3v) is 3.77. The molecule has 0 unspecified atom stereocenters. The Kier molecular flexibility index (Phi) is 5.06. The lowest BCUT2D eigenvalue weighted by Crippen LogP contribution is -2.42. The second-order valence-corrected chi connectivity index (χ2v) is 5.40. The van der Waals surface area contributed by atoms with Crippen LogP contribution in [-0.2, 0) is 4.79 Å². The molecule has 4 heteroatoms. The highest BCUT2D eigenvalue weighted by atomic mass is 35.5. The molecule has 16 heavy (non-hydrogen) atoms. The van der Waals surface area contributed by atoms with Crippen molar-refractivity contribution in [3.05, 3.63) is 0 Å². The van der Waals surface area contributed by atoms with Crippen molar-refractivity contribution in [1.82, 2.24) is 10.2 Å². The minimum atomic E-state index is -0.460. The molecule has 1 aliphatic rings. The van der Waals surface area contributed by atoms with E-state index in [1.165, 1.54) is 12.8 Å². The molecule has 0 aromatic rings. The van der Waals surface area contributed by atoms with Gasteiger partial charge in [-0.1, -0.05) is 6.92 Å². The van der Waals surface area contributed by atoms with Gasteiger partial charge in [-0.15, -0.1) is 11.6 Å². The van der Waals surface area contributed by atoms with E-state index in [0.717, 1.165) is 25.7 Å². The molecule has 1 aliphatic carbocycles. The first-order chi connectivity index (χ1) is 7.51. The third-order valence-electron chi connectivity index (χ3n) is 3.10. The fourth-order valence-electron chi connectivity index (χ4n) is 1.65. The van der Waals surface area contributed by atoms with Crippen LogP contribution < -0.4 is 5.32 Å². The number of hydrogen-bond donors (Lipinski definition) is 1. The Morgan fingerprint density at radius 3 is 2.56 bits per heavy atom. The molecule has 0 spiro atoms. The van der Waals surface area contributed by atoms with Crippen LogP contribution in [0.4, 0.5) is 0 Å². The van der Waals surface area contributed by atoms with Crippen LogP contribution in [0.3, 0.4) is 0 Å². The fraction of sp³-hybridized carbons (Fsp3) is 0.917. The largest absolute Gasteiger partial charge is 0.354 e. The van der Waals surface area contributed by atoms with Crippen LogP contribution in [0.1, 0.15) is 33.6 Å². The van der Waals surface area contributed by atoms with Crippen molar-refractivity contribution in [2.24, 2.45) is 5.41 Å². The monoisotopic (exact) mass is 246 g/mol. The predicted molar refractivity (Wildman–Crippen MR) is 67.8 cm³/mol. The van der Waals surface area contributed by atoms with Crippen LogP contribution in [0.25, 0.3) is 0 Å². The van der Waals surface area contributed by atoms with Gasteiger partial charge in [0.25, 0.3) is 0 Å². The van der Waals surface area contributed by atoms with E-state index >= 15 is 0 Å². The first kappa shape index (κ1) is 13.8. The van der Waals surface area contributed by atoms with Gasteiger partial charge in [0, 0.05) is 25.0 Å². The summed E-state index contributed by atoms with van der Waals surface area (Å²) in [5.41, 5.74) is -0.460. The average molecular weight is 247 g/mol. The molecule has 94 valence electrons. The topological polar surface area (TPSA) is 32.3 Å². The van der Waals surface area contributed by atoms with Crippen LogP contribution in [0.5, 0.6) is 0 Å². The summed E-state index contributed by atoms with van der Waals surface area (Å²) in [5, 5.41) is 2.96. The van der Waals surface area contributed by atoms with Crippen LogP contribution >= 0.6 is 11.6 Å². The predicted octanol–water partition coefficient (Wildman–Crippen LogP) is 1.85. The highest BCUT2D eigenvalue weighted by Gasteiger charge is 2.29. The number of carbonyl (C=O) groups excluding carboxylic acids is 1. The molecule has 0 saturated heterocycles. The minimum absolute atomic E-state index is 0.0503. The normalized spacial score (nSPS) is 16.6. The number of rotatable bonds is 7. The van der Waals surface area contributed by atoms with E-state index in [0.29, 0.717) is 5.88 Å². The summed E-state index contributed by atoms with van der Waals surface area (Å²) < 4.78 is 0. The minimum Gasteiger partial charge on any atom is -0.354 e. The van der Waals surface area contributed by atoms with E-state index in [1.54, 1.807) is 0 Å². The molecule has 0 radical (unpaired) electrons. The maximum absolute atomic E-state index is 11.7. The van der Waals surface area contributed by atoms with Crippen molar-refractivity contribution >= 4 is 17.5 Å². The van der Waals surface area contributed by atoms with Crippen molar-refractivity contribution in [1.29, 1.82) is 0 Å². The fourth-order valence-corrected chi connectivity index (χ4v) is 1.77. The molecule has 1 amide bonds. The zero-order valence-electron chi connectivity index (χ0n) is 10.6. The van der Waals surface area contributed by atoms with Crippen molar-refractivity contribution in [2.45, 2.75) is 39.7 Å². The van der Waals surface area contributed by atoms with E-state index in [4.69, 9.17) is 11.6 Å². The van der Waals surface area contributed by atoms with E-state index in [-0.39, 0.29) is 5.91 Å². The molecule has 0 aliphatic heterocycles. The molecule has 1 saturated carbocycles. The zero-order chi connectivity index (χ0) is 12.2. The molecule has 0 bridgehead atoms. The van der Waals surface area contributed by atoms with Gasteiger partial charge in [-0.2, -0.15) is 0 Å². The lowest BCUT2D eigenvalue weighted by Gasteiger charge is -2.23. The lowest BCUT2D eigenvalue weighted by molar-refractivity contribution is -0.128. The molecule has 0 aromatic heterocycles. The number of hydrogen-bond acceptors (Lipinski definition) is 2. The Hall–Kier alpha value is -0.280. The van der Waals surface area contributed by atoms with Crippen LogP contribution in [0, 0.1) is 5.41 Å². The number of likely N-dealkylation sites (N-methyl/N-ethyl adjacent to an activating group) is 1. The summed E-state index contributed by atoms with van der Waals surface area (Å²) in [6, 6.07) is 0.767. The number of alkyl halides is 1. The highest BCUT2D eigenvalue weighted by Crippen LogP contribution is 2.25. The quantitative estimate of drug-likeness (QED) is 0.696. The van der Waals surface area contributed by atoms with Gasteiger partial charge >= 0.3 is 0 Å². The summed E-state index contributed by atoms with van der Waals surface area (Å²) in [5.74, 6) is 0.410. The van der Waals surface area contributed by atoms with E-state index in [1.807, 2.05) is 13.8 Å². The Labute approximate surface area is 104 Å². The van der Waals surface area contributed by atoms with Gasteiger partial charge in [0.15, 0.2) is 0 Å². The van der Waals surface area contributed by atoms with Crippen molar-refractivity contribution in [3.63, 3.8) is 0 Å². The van der Waals surface area contributed by atoms with Gasteiger partial charge in [0.1, 0.15) is 0 Å². The lowest BCUT2D eigenvalue weighted by atomic mass is 9.95. The first-order valence-electron chi connectivity index (χ1n) is 6.09. The SMILES string of the molecule is CCN(CCNC(=O)C(C)(C)CCl)C1CC1. The summed E-state index contributed by atoms with van der Waals surface area (Å²) in [6.45, 7) is 8.65. The van der Waals surface area contributed by atoms with Gasteiger partial charge in [-0.25, -0.2) is 0 Å². The molecule has 1 fully saturated rings. The molecular weight excluding hydrogens is 224 g/mol. The summed E-state index contributed by atoms with van der Waals surface area (Å²) in [7, 11) is 0. The molecule has 3 nitrogen and oxygen atoms in total. The number of nitrogens with zero attached hydrogens (tertiary/aromatic N) is 1. The molecule has 1 N–H and O–H groups in total. The summed E-state index contributed by atoms with van der Waals surface area (Å²) in [6.07, 6.45) is 2.63. The maximum Gasteiger partial charge on any atom is 0.226 e. The Bertz CT molecular complexity index is 239. The van der Waals surface area contributed by atoms with E-state index < -0.39 is 5.41 Å². The molecule has 0 heterocycles. The standard InChI is InChI=1S/C12H23ClN2O/c1-4-15(10-5-6-10)8-7-14-11(16)12(2,3)9-13/h10H,4-9H2,1-3H3,(H,14,16). The van der Waals surface area contributed by atoms with Gasteiger partial charge in [0.2, 0.25) is 5.91 Å². The van der Waals surface area contributed by atoms with Crippen LogP contribution in [0.2, 0.25) is 0 Å². The van der Waals surface area contributed by atoms with Crippen LogP contribution in [-0.4, -0.2) is 42.4 Å². The smallest absolute Gasteiger partial charge is 0.226 e. The Balaban J connectivity index is 2.21. The number of nitrogens with one attached hydrogen (secondary N) is 1. The third kappa shape index (κ3) is 3.95. The second-order valence-electron chi connectivity index (χ2n) is 5.13. The maximum atomic E-state index is 11.7. The number of halogens is 1. The van der Waals surface area contributed by atoms with Gasteiger partial charge < -0.3 is 5.32 Å². The van der Waals surface area contributed by atoms with Crippen molar-refractivity contribution in [2.75, 3.05) is 25.5 Å². The average Bonchev–Trinajstić information content (AvgIpc) is 3.08. The Morgan fingerprint density at radius 1 is 1.50 bits per heavy atom. The van der Waals surface area contributed by atoms with Gasteiger partial charge in [-0.3, -0.25) is 9.69 Å². The van der Waals surface area contributed by atoms with Gasteiger partial charge in [0.05, 0.1) is 5.41 Å². The zero-order valence-corrected chi connectivity index (χ0v) is 11.3. The summed E-state index contributed by atoms with van der Waals surface area (Å²) in [4.78, 5) is 14.2. The highest BCUT2D eigenvalue weighted by molar-refractivity contribution is 6.19. The Morgan fingerprint density at radius 2 is 2.12 bits per heavy atom. The van der Waals surface area contributed by atoms with Crippen LogP contribution in [0.15, 0.2) is 0 Å². The number of amides is 1. The van der Waals surface area contributed by atoms with Gasteiger partial charge in [-0.05, 0) is 33.2 Å².